The first-order chi connectivity index (χ1) is 9.72. The van der Waals surface area contributed by atoms with E-state index >= 15 is 0 Å². The fourth-order valence-corrected chi connectivity index (χ4v) is 2.66. The van der Waals surface area contributed by atoms with Gasteiger partial charge in [0.05, 0.1) is 7.11 Å². The number of hydrogen-bond acceptors (Lipinski definition) is 3. The van der Waals surface area contributed by atoms with E-state index in [4.69, 9.17) is 4.74 Å². The molecule has 0 aliphatic carbocycles. The van der Waals surface area contributed by atoms with Crippen molar-refractivity contribution in [3.63, 3.8) is 0 Å². The largest absolute Gasteiger partial charge is 0.496 e. The zero-order valence-electron chi connectivity index (χ0n) is 13.1. The molecule has 3 nitrogen and oxygen atoms in total. The Balaban J connectivity index is 1.99. The molecule has 0 spiro atoms. The van der Waals surface area contributed by atoms with Gasteiger partial charge >= 0.3 is 0 Å². The minimum atomic E-state index is 0.545. The zero-order valence-corrected chi connectivity index (χ0v) is 13.1. The summed E-state index contributed by atoms with van der Waals surface area (Å²) in [6.45, 7) is 8.82. The number of rotatable bonds is 7. The van der Waals surface area contributed by atoms with Crippen molar-refractivity contribution in [2.75, 3.05) is 20.2 Å². The molecule has 1 fully saturated rings. The third-order valence-electron chi connectivity index (χ3n) is 4.21. The van der Waals surface area contributed by atoms with Gasteiger partial charge in [-0.2, -0.15) is 0 Å². The van der Waals surface area contributed by atoms with Gasteiger partial charge in [-0.25, -0.2) is 0 Å². The third-order valence-corrected chi connectivity index (χ3v) is 4.21. The van der Waals surface area contributed by atoms with E-state index in [2.05, 4.69) is 42.3 Å². The van der Waals surface area contributed by atoms with Gasteiger partial charge in [-0.1, -0.05) is 19.1 Å². The highest BCUT2D eigenvalue weighted by Gasteiger charge is 2.13. The summed E-state index contributed by atoms with van der Waals surface area (Å²) < 4.78 is 5.56. The molecule has 1 aromatic carbocycles. The van der Waals surface area contributed by atoms with Crippen LogP contribution in [0, 0.1) is 0 Å². The fraction of sp³-hybridized carbons (Fsp3) is 0.647. The van der Waals surface area contributed by atoms with Crippen LogP contribution in [0.1, 0.15) is 44.2 Å². The summed E-state index contributed by atoms with van der Waals surface area (Å²) in [6, 6.07) is 7.20. The molecule has 2 rings (SSSR count). The van der Waals surface area contributed by atoms with Crippen LogP contribution in [0.3, 0.4) is 0 Å². The smallest absolute Gasteiger partial charge is 0.123 e. The molecule has 0 amide bonds. The van der Waals surface area contributed by atoms with Crippen LogP contribution in [-0.2, 0) is 13.1 Å². The molecule has 1 aromatic rings. The monoisotopic (exact) mass is 276 g/mol. The highest BCUT2D eigenvalue weighted by Crippen LogP contribution is 2.22. The van der Waals surface area contributed by atoms with Gasteiger partial charge in [-0.3, -0.25) is 4.90 Å². The van der Waals surface area contributed by atoms with Crippen LogP contribution in [0.15, 0.2) is 18.2 Å². The summed E-state index contributed by atoms with van der Waals surface area (Å²) in [5.41, 5.74) is 2.61. The molecule has 0 aromatic heterocycles. The molecular formula is C17H28N2O. The van der Waals surface area contributed by atoms with Crippen LogP contribution >= 0.6 is 0 Å². The lowest BCUT2D eigenvalue weighted by atomic mass is 10.1. The maximum Gasteiger partial charge on any atom is 0.123 e. The Labute approximate surface area is 123 Å². The summed E-state index contributed by atoms with van der Waals surface area (Å²) in [5, 5.41) is 3.53. The first kappa shape index (κ1) is 15.3. The van der Waals surface area contributed by atoms with Crippen LogP contribution in [0.5, 0.6) is 5.75 Å². The van der Waals surface area contributed by atoms with Gasteiger partial charge in [0, 0.05) is 24.7 Å². The van der Waals surface area contributed by atoms with E-state index in [1.165, 1.54) is 37.1 Å². The predicted molar refractivity (Wildman–Crippen MR) is 84.1 cm³/mol. The van der Waals surface area contributed by atoms with Crippen molar-refractivity contribution in [1.82, 2.24) is 10.2 Å². The topological polar surface area (TPSA) is 24.5 Å². The first-order valence-corrected chi connectivity index (χ1v) is 7.84. The lowest BCUT2D eigenvalue weighted by Crippen LogP contribution is -2.24. The average Bonchev–Trinajstić information content (AvgIpc) is 2.98. The number of nitrogens with one attached hydrogen (secondary N) is 1. The minimum absolute atomic E-state index is 0.545. The highest BCUT2D eigenvalue weighted by atomic mass is 16.5. The molecule has 1 unspecified atom stereocenters. The minimum Gasteiger partial charge on any atom is -0.496 e. The third kappa shape index (κ3) is 4.22. The lowest BCUT2D eigenvalue weighted by molar-refractivity contribution is 0.330. The maximum atomic E-state index is 5.56. The SMILES string of the molecule is CCC(C)NCc1ccc(CN2CCCC2)cc1OC. The van der Waals surface area contributed by atoms with Crippen molar-refractivity contribution >= 4 is 0 Å². The van der Waals surface area contributed by atoms with E-state index in [1.807, 2.05) is 0 Å². The van der Waals surface area contributed by atoms with Crippen molar-refractivity contribution in [3.8, 4) is 5.75 Å². The molecule has 1 atom stereocenters. The molecule has 1 heterocycles. The second-order valence-electron chi connectivity index (χ2n) is 5.82. The van der Waals surface area contributed by atoms with Crippen molar-refractivity contribution in [3.05, 3.63) is 29.3 Å². The molecule has 3 heteroatoms. The number of nitrogens with zero attached hydrogens (tertiary/aromatic N) is 1. The van der Waals surface area contributed by atoms with E-state index in [0.717, 1.165) is 25.3 Å². The van der Waals surface area contributed by atoms with Crippen LogP contribution in [0.4, 0.5) is 0 Å². The van der Waals surface area contributed by atoms with Gasteiger partial charge < -0.3 is 10.1 Å². The van der Waals surface area contributed by atoms with E-state index < -0.39 is 0 Å². The molecule has 1 saturated heterocycles. The van der Waals surface area contributed by atoms with Crippen LogP contribution in [0.2, 0.25) is 0 Å². The normalized spacial score (nSPS) is 17.4. The van der Waals surface area contributed by atoms with Crippen molar-refractivity contribution in [2.45, 2.75) is 52.2 Å². The Bertz CT molecular complexity index is 413. The van der Waals surface area contributed by atoms with E-state index in [1.54, 1.807) is 7.11 Å². The van der Waals surface area contributed by atoms with Crippen LogP contribution in [-0.4, -0.2) is 31.1 Å². The van der Waals surface area contributed by atoms with Gasteiger partial charge in [-0.15, -0.1) is 0 Å². The van der Waals surface area contributed by atoms with E-state index in [-0.39, 0.29) is 0 Å². The quantitative estimate of drug-likeness (QED) is 0.828. The Morgan fingerprint density at radius 2 is 2.05 bits per heavy atom. The molecule has 112 valence electrons. The second kappa shape index (κ2) is 7.65. The molecular weight excluding hydrogens is 248 g/mol. The summed E-state index contributed by atoms with van der Waals surface area (Å²) >= 11 is 0. The van der Waals surface area contributed by atoms with Gasteiger partial charge in [0.25, 0.3) is 0 Å². The molecule has 20 heavy (non-hydrogen) atoms. The standard InChI is InChI=1S/C17H28N2O/c1-4-14(2)18-12-16-8-7-15(11-17(16)20-3)13-19-9-5-6-10-19/h7-8,11,14,18H,4-6,9-10,12-13H2,1-3H3. The van der Waals surface area contributed by atoms with Crippen molar-refractivity contribution in [2.24, 2.45) is 0 Å². The summed E-state index contributed by atoms with van der Waals surface area (Å²) in [5.74, 6) is 1.01. The fourth-order valence-electron chi connectivity index (χ4n) is 2.66. The second-order valence-corrected chi connectivity index (χ2v) is 5.82. The Hall–Kier alpha value is -1.06. The Kier molecular flexibility index (Phi) is 5.86. The molecule has 0 bridgehead atoms. The van der Waals surface area contributed by atoms with Gasteiger partial charge in [-0.05, 0) is 50.9 Å². The Morgan fingerprint density at radius 3 is 2.70 bits per heavy atom. The van der Waals surface area contributed by atoms with Crippen molar-refractivity contribution in [1.29, 1.82) is 0 Å². The maximum absolute atomic E-state index is 5.56. The van der Waals surface area contributed by atoms with E-state index in [9.17, 15) is 0 Å². The lowest BCUT2D eigenvalue weighted by Gasteiger charge is -2.17. The molecule has 0 saturated carbocycles. The summed E-state index contributed by atoms with van der Waals surface area (Å²) in [7, 11) is 1.77. The van der Waals surface area contributed by atoms with E-state index in [0.29, 0.717) is 6.04 Å². The van der Waals surface area contributed by atoms with Crippen molar-refractivity contribution < 1.29 is 4.74 Å². The summed E-state index contributed by atoms with van der Waals surface area (Å²) in [6.07, 6.45) is 3.83. The average molecular weight is 276 g/mol. The molecule has 1 aliphatic rings. The first-order valence-electron chi connectivity index (χ1n) is 7.84. The zero-order chi connectivity index (χ0) is 14.4. The molecule has 1 aliphatic heterocycles. The van der Waals surface area contributed by atoms with Gasteiger partial charge in [0.2, 0.25) is 0 Å². The van der Waals surface area contributed by atoms with Gasteiger partial charge in [0.15, 0.2) is 0 Å². The number of likely N-dealkylation sites (tertiary alicyclic amines) is 1. The number of hydrogen-bond donors (Lipinski definition) is 1. The summed E-state index contributed by atoms with van der Waals surface area (Å²) in [4.78, 5) is 2.52. The Morgan fingerprint density at radius 1 is 1.30 bits per heavy atom. The predicted octanol–water partition coefficient (Wildman–Crippen LogP) is 3.18. The van der Waals surface area contributed by atoms with Crippen LogP contribution in [0.25, 0.3) is 0 Å². The number of methoxy groups -OCH3 is 1. The number of benzene rings is 1. The number of ether oxygens (including phenoxy) is 1. The molecule has 1 N–H and O–H groups in total. The molecule has 0 radical (unpaired) electrons. The van der Waals surface area contributed by atoms with Gasteiger partial charge in [0.1, 0.15) is 5.75 Å². The van der Waals surface area contributed by atoms with Crippen LogP contribution < -0.4 is 10.1 Å². The highest BCUT2D eigenvalue weighted by molar-refractivity contribution is 5.37.